The number of nitrogens with two attached hydrogens (primary N) is 1. The second-order valence-corrected chi connectivity index (χ2v) is 3.36. The van der Waals surface area contributed by atoms with E-state index in [4.69, 9.17) is 10.8 Å². The van der Waals surface area contributed by atoms with Crippen LogP contribution in [0.4, 0.5) is 0 Å². The van der Waals surface area contributed by atoms with E-state index in [9.17, 15) is 9.59 Å². The van der Waals surface area contributed by atoms with Crippen LogP contribution in [0.3, 0.4) is 0 Å². The van der Waals surface area contributed by atoms with E-state index < -0.39 is 23.5 Å². The standard InChI is InChI=1S/C9H18N2O3/c1-4-9(5-2,8(13)14)11-6(3)7(10)12/h6,11H,4-5H2,1-3H3,(H2,10,12)(H,13,14). The average molecular weight is 202 g/mol. The van der Waals surface area contributed by atoms with Crippen molar-refractivity contribution < 1.29 is 14.7 Å². The van der Waals surface area contributed by atoms with Gasteiger partial charge in [0.1, 0.15) is 5.54 Å². The third-order valence-corrected chi connectivity index (χ3v) is 2.54. The molecule has 0 saturated carbocycles. The largest absolute Gasteiger partial charge is 0.480 e. The number of amides is 1. The summed E-state index contributed by atoms with van der Waals surface area (Å²) in [6.07, 6.45) is 0.826. The summed E-state index contributed by atoms with van der Waals surface area (Å²) in [6.45, 7) is 5.09. The lowest BCUT2D eigenvalue weighted by Crippen LogP contribution is -2.57. The molecular weight excluding hydrogens is 184 g/mol. The zero-order chi connectivity index (χ0) is 11.4. The fourth-order valence-corrected chi connectivity index (χ4v) is 1.30. The molecular formula is C9H18N2O3. The number of primary amides is 1. The molecule has 14 heavy (non-hydrogen) atoms. The van der Waals surface area contributed by atoms with E-state index in [0.29, 0.717) is 12.8 Å². The van der Waals surface area contributed by atoms with Crippen LogP contribution in [0.15, 0.2) is 0 Å². The highest BCUT2D eigenvalue weighted by molar-refractivity contribution is 5.83. The first kappa shape index (κ1) is 12.9. The molecule has 5 nitrogen and oxygen atoms in total. The Bertz CT molecular complexity index is 224. The number of rotatable bonds is 6. The highest BCUT2D eigenvalue weighted by Gasteiger charge is 2.36. The minimum atomic E-state index is -1.05. The van der Waals surface area contributed by atoms with Gasteiger partial charge in [0, 0.05) is 0 Å². The van der Waals surface area contributed by atoms with E-state index >= 15 is 0 Å². The molecule has 0 aromatic rings. The molecule has 0 aliphatic heterocycles. The number of hydrogen-bond acceptors (Lipinski definition) is 3. The minimum Gasteiger partial charge on any atom is -0.480 e. The van der Waals surface area contributed by atoms with Gasteiger partial charge in [0.2, 0.25) is 5.91 Å². The van der Waals surface area contributed by atoms with Crippen molar-refractivity contribution in [1.29, 1.82) is 0 Å². The molecule has 0 spiro atoms. The molecule has 1 unspecified atom stereocenters. The summed E-state index contributed by atoms with van der Waals surface area (Å²) in [5.74, 6) is -1.49. The molecule has 0 aliphatic carbocycles. The molecule has 1 atom stereocenters. The molecule has 82 valence electrons. The molecule has 0 fully saturated rings. The molecule has 4 N–H and O–H groups in total. The van der Waals surface area contributed by atoms with Crippen LogP contribution in [-0.2, 0) is 9.59 Å². The number of aliphatic carboxylic acids is 1. The maximum absolute atomic E-state index is 11.0. The Kier molecular flexibility index (Phi) is 4.56. The van der Waals surface area contributed by atoms with Crippen LogP contribution in [0.2, 0.25) is 0 Å². The van der Waals surface area contributed by atoms with Crippen molar-refractivity contribution in [1.82, 2.24) is 5.32 Å². The molecule has 0 rings (SSSR count). The molecule has 0 aliphatic rings. The van der Waals surface area contributed by atoms with Crippen molar-refractivity contribution in [3.05, 3.63) is 0 Å². The van der Waals surface area contributed by atoms with E-state index in [1.165, 1.54) is 0 Å². The lowest BCUT2D eigenvalue weighted by Gasteiger charge is -2.30. The minimum absolute atomic E-state index is 0.413. The van der Waals surface area contributed by atoms with Gasteiger partial charge in [-0.3, -0.25) is 14.9 Å². The van der Waals surface area contributed by atoms with Crippen molar-refractivity contribution in [2.75, 3.05) is 0 Å². The second-order valence-electron chi connectivity index (χ2n) is 3.36. The van der Waals surface area contributed by atoms with Gasteiger partial charge < -0.3 is 10.8 Å². The number of carbonyl (C=O) groups excluding carboxylic acids is 1. The van der Waals surface area contributed by atoms with Gasteiger partial charge in [-0.15, -0.1) is 0 Å². The second kappa shape index (κ2) is 4.95. The SMILES string of the molecule is CCC(CC)(NC(C)C(N)=O)C(=O)O. The summed E-state index contributed by atoms with van der Waals surface area (Å²) in [7, 11) is 0. The normalized spacial score (nSPS) is 13.6. The van der Waals surface area contributed by atoms with Crippen LogP contribution in [0.5, 0.6) is 0 Å². The molecule has 0 saturated heterocycles. The zero-order valence-electron chi connectivity index (χ0n) is 8.83. The fourth-order valence-electron chi connectivity index (χ4n) is 1.30. The summed E-state index contributed by atoms with van der Waals surface area (Å²) in [4.78, 5) is 21.8. The third-order valence-electron chi connectivity index (χ3n) is 2.54. The Hall–Kier alpha value is -1.10. The van der Waals surface area contributed by atoms with Crippen LogP contribution >= 0.6 is 0 Å². The summed E-state index contributed by atoms with van der Waals surface area (Å²) >= 11 is 0. The predicted molar refractivity (Wildman–Crippen MR) is 52.7 cm³/mol. The Morgan fingerprint density at radius 1 is 1.43 bits per heavy atom. The topological polar surface area (TPSA) is 92.4 Å². The Balaban J connectivity index is 4.67. The van der Waals surface area contributed by atoms with Gasteiger partial charge in [0.25, 0.3) is 0 Å². The third kappa shape index (κ3) is 2.70. The van der Waals surface area contributed by atoms with E-state index in [-0.39, 0.29) is 0 Å². The number of carbonyl (C=O) groups is 2. The molecule has 0 radical (unpaired) electrons. The summed E-state index contributed by atoms with van der Waals surface area (Å²) in [5.41, 5.74) is 4.01. The van der Waals surface area contributed by atoms with Gasteiger partial charge in [-0.1, -0.05) is 13.8 Å². The van der Waals surface area contributed by atoms with Crippen molar-refractivity contribution in [2.24, 2.45) is 5.73 Å². The number of carboxylic acid groups (broad SMARTS) is 1. The van der Waals surface area contributed by atoms with E-state index in [1.807, 2.05) is 0 Å². The quantitative estimate of drug-likeness (QED) is 0.569. The van der Waals surface area contributed by atoms with Crippen LogP contribution in [0, 0.1) is 0 Å². The lowest BCUT2D eigenvalue weighted by atomic mass is 9.92. The summed E-state index contributed by atoms with van der Waals surface area (Å²) in [5, 5.41) is 11.8. The monoisotopic (exact) mass is 202 g/mol. The molecule has 0 aromatic carbocycles. The van der Waals surface area contributed by atoms with Gasteiger partial charge in [0.05, 0.1) is 6.04 Å². The Labute approximate surface area is 83.7 Å². The van der Waals surface area contributed by atoms with Crippen LogP contribution in [-0.4, -0.2) is 28.6 Å². The van der Waals surface area contributed by atoms with E-state index in [0.717, 1.165) is 0 Å². The lowest BCUT2D eigenvalue weighted by molar-refractivity contribution is -0.145. The first-order chi connectivity index (χ1) is 6.39. The fraction of sp³-hybridized carbons (Fsp3) is 0.778. The molecule has 0 aromatic heterocycles. The van der Waals surface area contributed by atoms with Crippen LogP contribution < -0.4 is 11.1 Å². The Morgan fingerprint density at radius 3 is 2.07 bits per heavy atom. The van der Waals surface area contributed by atoms with Crippen molar-refractivity contribution in [3.63, 3.8) is 0 Å². The van der Waals surface area contributed by atoms with E-state index in [2.05, 4.69) is 5.32 Å². The maximum Gasteiger partial charge on any atom is 0.323 e. The number of carboxylic acids is 1. The summed E-state index contributed by atoms with van der Waals surface area (Å²) < 4.78 is 0. The highest BCUT2D eigenvalue weighted by Crippen LogP contribution is 2.16. The Morgan fingerprint density at radius 2 is 1.86 bits per heavy atom. The first-order valence-corrected chi connectivity index (χ1v) is 4.70. The van der Waals surface area contributed by atoms with Gasteiger partial charge in [-0.25, -0.2) is 0 Å². The van der Waals surface area contributed by atoms with Crippen LogP contribution in [0.1, 0.15) is 33.6 Å². The maximum atomic E-state index is 11.0. The number of hydrogen-bond donors (Lipinski definition) is 3. The molecule has 0 heterocycles. The average Bonchev–Trinajstić information content (AvgIpc) is 2.13. The van der Waals surface area contributed by atoms with Gasteiger partial charge >= 0.3 is 5.97 Å². The van der Waals surface area contributed by atoms with Crippen molar-refractivity contribution >= 4 is 11.9 Å². The molecule has 5 heteroatoms. The molecule has 0 bridgehead atoms. The zero-order valence-corrected chi connectivity index (χ0v) is 8.83. The van der Waals surface area contributed by atoms with E-state index in [1.54, 1.807) is 20.8 Å². The number of nitrogens with one attached hydrogen (secondary N) is 1. The van der Waals surface area contributed by atoms with Crippen molar-refractivity contribution in [3.8, 4) is 0 Å². The predicted octanol–water partition coefficient (Wildman–Crippen LogP) is 0.0932. The van der Waals surface area contributed by atoms with Crippen molar-refractivity contribution in [2.45, 2.75) is 45.2 Å². The molecule has 1 amide bonds. The smallest absolute Gasteiger partial charge is 0.323 e. The highest BCUT2D eigenvalue weighted by atomic mass is 16.4. The summed E-state index contributed by atoms with van der Waals surface area (Å²) in [6, 6.07) is -0.633. The van der Waals surface area contributed by atoms with Gasteiger partial charge in [-0.2, -0.15) is 0 Å². The van der Waals surface area contributed by atoms with Gasteiger partial charge in [-0.05, 0) is 19.8 Å². The van der Waals surface area contributed by atoms with Gasteiger partial charge in [0.15, 0.2) is 0 Å². The first-order valence-electron chi connectivity index (χ1n) is 4.70. The van der Waals surface area contributed by atoms with Crippen LogP contribution in [0.25, 0.3) is 0 Å².